The molecule has 0 amide bonds. The number of aryl methyl sites for hydroxylation is 2. The molecule has 0 bridgehead atoms. The van der Waals surface area contributed by atoms with Crippen molar-refractivity contribution >= 4 is 17.3 Å². The number of rotatable bonds is 6. The van der Waals surface area contributed by atoms with Crippen LogP contribution in [0.5, 0.6) is 0 Å². The lowest BCUT2D eigenvalue weighted by molar-refractivity contribution is -0.137. The van der Waals surface area contributed by atoms with Crippen molar-refractivity contribution in [2.75, 3.05) is 13.6 Å². The molecule has 1 heterocycles. The molecule has 0 spiro atoms. The smallest absolute Gasteiger partial charge is 0.303 e. The van der Waals surface area contributed by atoms with E-state index in [1.165, 1.54) is 4.88 Å². The third-order valence-electron chi connectivity index (χ3n) is 2.41. The Morgan fingerprint density at radius 1 is 1.50 bits per heavy atom. The average molecular weight is 242 g/mol. The highest BCUT2D eigenvalue weighted by Gasteiger charge is 2.07. The molecule has 4 nitrogen and oxygen atoms in total. The fourth-order valence-corrected chi connectivity index (χ4v) is 2.43. The number of thiazole rings is 1. The fourth-order valence-electron chi connectivity index (χ4n) is 1.42. The first-order chi connectivity index (χ1) is 7.49. The van der Waals surface area contributed by atoms with Crippen LogP contribution in [0.4, 0.5) is 0 Å². The first kappa shape index (κ1) is 13.1. The number of nitrogens with zero attached hydrogens (tertiary/aromatic N) is 2. The van der Waals surface area contributed by atoms with Crippen LogP contribution in [0, 0.1) is 13.8 Å². The summed E-state index contributed by atoms with van der Waals surface area (Å²) in [7, 11) is 1.99. The van der Waals surface area contributed by atoms with Gasteiger partial charge in [0.1, 0.15) is 5.01 Å². The zero-order chi connectivity index (χ0) is 12.1. The molecule has 0 radical (unpaired) electrons. The van der Waals surface area contributed by atoms with Crippen LogP contribution in [0.25, 0.3) is 0 Å². The van der Waals surface area contributed by atoms with Crippen molar-refractivity contribution < 1.29 is 9.90 Å². The van der Waals surface area contributed by atoms with Gasteiger partial charge in [-0.3, -0.25) is 9.69 Å². The van der Waals surface area contributed by atoms with Gasteiger partial charge in [-0.05, 0) is 33.9 Å². The lowest BCUT2D eigenvalue weighted by Gasteiger charge is -2.13. The second kappa shape index (κ2) is 5.96. The zero-order valence-corrected chi connectivity index (χ0v) is 10.8. The van der Waals surface area contributed by atoms with Gasteiger partial charge in [0.2, 0.25) is 0 Å². The number of carboxylic acids is 1. The lowest BCUT2D eigenvalue weighted by Crippen LogP contribution is -2.19. The van der Waals surface area contributed by atoms with Gasteiger partial charge >= 0.3 is 5.97 Å². The van der Waals surface area contributed by atoms with Gasteiger partial charge in [0.05, 0.1) is 12.2 Å². The van der Waals surface area contributed by atoms with Crippen LogP contribution in [0.2, 0.25) is 0 Å². The topological polar surface area (TPSA) is 53.4 Å². The quantitative estimate of drug-likeness (QED) is 0.829. The Bertz CT molecular complexity index is 343. The van der Waals surface area contributed by atoms with E-state index in [1.807, 2.05) is 14.0 Å². The standard InChI is InChI=1S/C11H18N2O2S/c1-8-9(2)16-10(12-8)7-13(3)6-4-5-11(14)15/h4-7H2,1-3H3,(H,14,15). The number of aromatic nitrogens is 1. The Labute approximate surface area is 99.9 Å². The molecule has 0 aliphatic heterocycles. The van der Waals surface area contributed by atoms with Gasteiger partial charge in [-0.2, -0.15) is 0 Å². The molecule has 0 fully saturated rings. The van der Waals surface area contributed by atoms with E-state index >= 15 is 0 Å². The van der Waals surface area contributed by atoms with Crippen molar-refractivity contribution in [1.82, 2.24) is 9.88 Å². The minimum absolute atomic E-state index is 0.236. The van der Waals surface area contributed by atoms with Crippen molar-refractivity contribution in [2.45, 2.75) is 33.2 Å². The van der Waals surface area contributed by atoms with Crippen molar-refractivity contribution in [2.24, 2.45) is 0 Å². The molecule has 0 atom stereocenters. The van der Waals surface area contributed by atoms with Crippen LogP contribution in [0.1, 0.15) is 28.4 Å². The van der Waals surface area contributed by atoms with Gasteiger partial charge in [-0.25, -0.2) is 4.98 Å². The normalized spacial score (nSPS) is 11.0. The summed E-state index contributed by atoms with van der Waals surface area (Å²) >= 11 is 1.71. The Hall–Kier alpha value is -0.940. The predicted octanol–water partition coefficient (Wildman–Crippen LogP) is 2.06. The molecule has 0 aliphatic carbocycles. The van der Waals surface area contributed by atoms with Crippen LogP contribution in [-0.4, -0.2) is 34.6 Å². The van der Waals surface area contributed by atoms with Gasteiger partial charge < -0.3 is 5.11 Å². The largest absolute Gasteiger partial charge is 0.481 e. The molecule has 5 heteroatoms. The second-order valence-electron chi connectivity index (χ2n) is 3.98. The van der Waals surface area contributed by atoms with Crippen molar-refractivity contribution in [3.63, 3.8) is 0 Å². The molecule has 16 heavy (non-hydrogen) atoms. The zero-order valence-electron chi connectivity index (χ0n) is 9.99. The summed E-state index contributed by atoms with van der Waals surface area (Å²) in [5.74, 6) is -0.727. The van der Waals surface area contributed by atoms with Crippen LogP contribution in [-0.2, 0) is 11.3 Å². The highest BCUT2D eigenvalue weighted by atomic mass is 32.1. The van der Waals surface area contributed by atoms with E-state index < -0.39 is 5.97 Å². The van der Waals surface area contributed by atoms with Crippen molar-refractivity contribution in [3.8, 4) is 0 Å². The van der Waals surface area contributed by atoms with Crippen LogP contribution >= 0.6 is 11.3 Å². The number of carboxylic acid groups (broad SMARTS) is 1. The summed E-state index contributed by atoms with van der Waals surface area (Å²) in [5.41, 5.74) is 1.10. The maximum atomic E-state index is 10.4. The maximum absolute atomic E-state index is 10.4. The summed E-state index contributed by atoms with van der Waals surface area (Å²) in [6, 6.07) is 0. The molecule has 0 aromatic carbocycles. The summed E-state index contributed by atoms with van der Waals surface area (Å²) in [6.45, 7) is 5.68. The van der Waals surface area contributed by atoms with E-state index in [1.54, 1.807) is 11.3 Å². The Kier molecular flexibility index (Phi) is 4.89. The minimum Gasteiger partial charge on any atom is -0.481 e. The summed E-state index contributed by atoms with van der Waals surface area (Å²) in [4.78, 5) is 18.2. The first-order valence-electron chi connectivity index (χ1n) is 5.32. The summed E-state index contributed by atoms with van der Waals surface area (Å²) in [6.07, 6.45) is 0.926. The monoisotopic (exact) mass is 242 g/mol. The highest BCUT2D eigenvalue weighted by molar-refractivity contribution is 7.11. The van der Waals surface area contributed by atoms with E-state index in [0.717, 1.165) is 23.8 Å². The Morgan fingerprint density at radius 3 is 2.69 bits per heavy atom. The minimum atomic E-state index is -0.727. The lowest BCUT2D eigenvalue weighted by atomic mass is 10.3. The van der Waals surface area contributed by atoms with Crippen LogP contribution < -0.4 is 0 Å². The number of hydrogen-bond donors (Lipinski definition) is 1. The highest BCUT2D eigenvalue weighted by Crippen LogP contribution is 2.17. The van der Waals surface area contributed by atoms with Crippen LogP contribution in [0.3, 0.4) is 0 Å². The predicted molar refractivity (Wildman–Crippen MR) is 64.8 cm³/mol. The fraction of sp³-hybridized carbons (Fsp3) is 0.636. The molecule has 0 saturated carbocycles. The molecule has 1 aromatic heterocycles. The summed E-state index contributed by atoms with van der Waals surface area (Å²) in [5, 5.41) is 9.63. The molecule has 1 aromatic rings. The Morgan fingerprint density at radius 2 is 2.19 bits per heavy atom. The Balaban J connectivity index is 2.33. The SMILES string of the molecule is Cc1nc(CN(C)CCCC(=O)O)sc1C. The maximum Gasteiger partial charge on any atom is 0.303 e. The molecule has 1 N–H and O–H groups in total. The van der Waals surface area contributed by atoms with Crippen LogP contribution in [0.15, 0.2) is 0 Å². The van der Waals surface area contributed by atoms with Gasteiger partial charge in [-0.1, -0.05) is 0 Å². The molecule has 1 rings (SSSR count). The summed E-state index contributed by atoms with van der Waals surface area (Å²) < 4.78 is 0. The molecular weight excluding hydrogens is 224 g/mol. The molecule has 0 aliphatic rings. The number of hydrogen-bond acceptors (Lipinski definition) is 4. The van der Waals surface area contributed by atoms with E-state index in [4.69, 9.17) is 5.11 Å². The van der Waals surface area contributed by atoms with E-state index in [9.17, 15) is 4.79 Å². The average Bonchev–Trinajstić information content (AvgIpc) is 2.44. The van der Waals surface area contributed by atoms with Gasteiger partial charge in [0.15, 0.2) is 0 Å². The third kappa shape index (κ3) is 4.28. The number of carbonyl (C=O) groups is 1. The molecular formula is C11H18N2O2S. The second-order valence-corrected chi connectivity index (χ2v) is 5.27. The van der Waals surface area contributed by atoms with Gasteiger partial charge in [0.25, 0.3) is 0 Å². The van der Waals surface area contributed by atoms with E-state index in [2.05, 4.69) is 16.8 Å². The molecule has 90 valence electrons. The van der Waals surface area contributed by atoms with Crippen molar-refractivity contribution in [3.05, 3.63) is 15.6 Å². The molecule has 0 saturated heterocycles. The van der Waals surface area contributed by atoms with E-state index in [0.29, 0.717) is 6.42 Å². The number of aliphatic carboxylic acids is 1. The van der Waals surface area contributed by atoms with Crippen molar-refractivity contribution in [1.29, 1.82) is 0 Å². The molecule has 0 unspecified atom stereocenters. The first-order valence-corrected chi connectivity index (χ1v) is 6.14. The van der Waals surface area contributed by atoms with Gasteiger partial charge in [0, 0.05) is 11.3 Å². The van der Waals surface area contributed by atoms with E-state index in [-0.39, 0.29) is 6.42 Å². The van der Waals surface area contributed by atoms with Gasteiger partial charge in [-0.15, -0.1) is 11.3 Å². The third-order valence-corrected chi connectivity index (χ3v) is 3.47.